The Bertz CT molecular complexity index is 1030. The van der Waals surface area contributed by atoms with Crippen molar-refractivity contribution in [3.63, 3.8) is 0 Å². The Kier molecular flexibility index (Phi) is 5.75. The fourth-order valence-corrected chi connectivity index (χ4v) is 5.02. The molecule has 3 aliphatic heterocycles. The number of hydrogen-bond donors (Lipinski definition) is 1. The number of likely N-dealkylation sites (N-methyl/N-ethyl adjacent to an activating group) is 1. The van der Waals surface area contributed by atoms with Gasteiger partial charge in [-0.3, -0.25) is 19.9 Å². The number of hydrogen-bond acceptors (Lipinski definition) is 4. The van der Waals surface area contributed by atoms with Gasteiger partial charge in [-0.25, -0.2) is 4.39 Å². The minimum Gasteiger partial charge on any atom is -0.344 e. The van der Waals surface area contributed by atoms with E-state index in [9.17, 15) is 14.0 Å². The van der Waals surface area contributed by atoms with Gasteiger partial charge in [0.15, 0.2) is 0 Å². The molecule has 0 radical (unpaired) electrons. The van der Waals surface area contributed by atoms with Crippen molar-refractivity contribution in [2.24, 2.45) is 0 Å². The highest BCUT2D eigenvalue weighted by Gasteiger charge is 2.50. The third-order valence-corrected chi connectivity index (χ3v) is 6.72. The Morgan fingerprint density at radius 3 is 2.71 bits per heavy atom. The van der Waals surface area contributed by atoms with E-state index in [1.54, 1.807) is 34.2 Å². The lowest BCUT2D eigenvalue weighted by molar-refractivity contribution is -0.131. The van der Waals surface area contributed by atoms with Crippen LogP contribution in [-0.4, -0.2) is 47.4 Å². The van der Waals surface area contributed by atoms with E-state index < -0.39 is 5.54 Å². The van der Waals surface area contributed by atoms with Gasteiger partial charge >= 0.3 is 0 Å². The highest BCUT2D eigenvalue weighted by molar-refractivity contribution is 5.96. The Hall–Kier alpha value is -2.51. The van der Waals surface area contributed by atoms with Crippen molar-refractivity contribution < 1.29 is 14.0 Å². The smallest absolute Gasteiger partial charge is 0.242 e. The predicted octanol–water partition coefficient (Wildman–Crippen LogP) is 3.46. The van der Waals surface area contributed by atoms with Crippen LogP contribution in [-0.2, 0) is 9.59 Å². The third-order valence-electron chi connectivity index (χ3n) is 6.72. The average Bonchev–Trinajstić information content (AvgIpc) is 3.45. The number of nitrogens with one attached hydrogen (secondary N) is 1. The largest absolute Gasteiger partial charge is 0.344 e. The van der Waals surface area contributed by atoms with Crippen LogP contribution >= 0.6 is 12.4 Å². The van der Waals surface area contributed by atoms with E-state index in [-0.39, 0.29) is 36.1 Å². The molecule has 1 aromatic heterocycles. The molecule has 0 bridgehead atoms. The molecule has 0 saturated carbocycles. The fourth-order valence-electron chi connectivity index (χ4n) is 5.02. The topological polar surface area (TPSA) is 65.5 Å². The van der Waals surface area contributed by atoms with Crippen molar-refractivity contribution in [2.75, 3.05) is 25.0 Å². The van der Waals surface area contributed by atoms with Crippen LogP contribution in [0.15, 0.2) is 36.5 Å². The summed E-state index contributed by atoms with van der Waals surface area (Å²) in [6, 6.07) is 8.48. The molecule has 1 aromatic carbocycles. The van der Waals surface area contributed by atoms with Crippen molar-refractivity contribution in [1.82, 2.24) is 15.2 Å². The third kappa shape index (κ3) is 3.70. The number of anilines is 1. The number of carbonyl (C=O) groups is 2. The Labute approximate surface area is 187 Å². The summed E-state index contributed by atoms with van der Waals surface area (Å²) in [5.74, 6) is -0.101. The van der Waals surface area contributed by atoms with E-state index in [2.05, 4.69) is 10.3 Å². The lowest BCUT2D eigenvalue weighted by atomic mass is 9.96. The molecule has 2 amide bonds. The monoisotopic (exact) mass is 444 g/mol. The first-order valence-corrected chi connectivity index (χ1v) is 10.6. The zero-order chi connectivity index (χ0) is 20.9. The quantitative estimate of drug-likeness (QED) is 0.787. The van der Waals surface area contributed by atoms with Crippen molar-refractivity contribution >= 4 is 29.9 Å². The SMILES string of the molecule is CN1CC[C@@]2(CC[C@H](c3cc(-c4cc(N5CCCC5=O)ccc4F)ccn3)N2)C1=O.Cl. The molecule has 0 aliphatic carbocycles. The number of benzene rings is 1. The maximum Gasteiger partial charge on any atom is 0.242 e. The van der Waals surface area contributed by atoms with Crippen molar-refractivity contribution in [3.8, 4) is 11.1 Å². The number of pyridine rings is 1. The summed E-state index contributed by atoms with van der Waals surface area (Å²) in [4.78, 5) is 32.7. The zero-order valence-corrected chi connectivity index (χ0v) is 18.3. The Balaban J connectivity index is 0.00000231. The van der Waals surface area contributed by atoms with Crippen molar-refractivity contribution in [2.45, 2.75) is 43.7 Å². The Morgan fingerprint density at radius 2 is 2.00 bits per heavy atom. The van der Waals surface area contributed by atoms with Crippen LogP contribution in [0.25, 0.3) is 11.1 Å². The van der Waals surface area contributed by atoms with Gasteiger partial charge in [0.05, 0.1) is 11.7 Å². The van der Waals surface area contributed by atoms with Gasteiger partial charge in [0.25, 0.3) is 0 Å². The first-order chi connectivity index (χ1) is 14.5. The standard InChI is InChI=1S/C23H25FN4O2.ClH/c1-27-12-9-23(22(27)30)8-6-19(26-23)20-13-15(7-10-25-20)17-14-16(4-5-18(17)24)28-11-2-3-21(28)29;/h4-5,7,10,13-14,19,26H,2-3,6,8-9,11-12H2,1H3;1H/t19-,23+;/m1./s1. The lowest BCUT2D eigenvalue weighted by Crippen LogP contribution is -2.47. The van der Waals surface area contributed by atoms with Crippen LogP contribution < -0.4 is 10.2 Å². The first kappa shape index (κ1) is 21.7. The molecule has 1 spiro atoms. The summed E-state index contributed by atoms with van der Waals surface area (Å²) >= 11 is 0. The lowest BCUT2D eigenvalue weighted by Gasteiger charge is -2.23. The van der Waals surface area contributed by atoms with Gasteiger partial charge in [0, 0.05) is 44.0 Å². The number of aromatic nitrogens is 1. The normalized spacial score (nSPS) is 25.5. The molecule has 31 heavy (non-hydrogen) atoms. The molecule has 1 N–H and O–H groups in total. The van der Waals surface area contributed by atoms with Gasteiger partial charge in [-0.15, -0.1) is 12.4 Å². The van der Waals surface area contributed by atoms with Crippen molar-refractivity contribution in [3.05, 3.63) is 48.0 Å². The summed E-state index contributed by atoms with van der Waals surface area (Å²) in [5, 5.41) is 3.52. The van der Waals surface area contributed by atoms with Gasteiger partial charge in [-0.2, -0.15) is 0 Å². The molecular formula is C23H26ClFN4O2. The highest BCUT2D eigenvalue weighted by atomic mass is 35.5. The van der Waals surface area contributed by atoms with Gasteiger partial charge < -0.3 is 9.80 Å². The molecule has 3 saturated heterocycles. The van der Waals surface area contributed by atoms with E-state index in [1.165, 1.54) is 6.07 Å². The molecule has 4 heterocycles. The maximum atomic E-state index is 14.7. The van der Waals surface area contributed by atoms with Crippen LogP contribution in [0.1, 0.15) is 43.8 Å². The number of likely N-dealkylation sites (tertiary alicyclic amines) is 1. The minimum absolute atomic E-state index is 0. The summed E-state index contributed by atoms with van der Waals surface area (Å²) in [7, 11) is 1.84. The number of nitrogens with zero attached hydrogens (tertiary/aromatic N) is 3. The fraction of sp³-hybridized carbons (Fsp3) is 0.435. The number of halogens is 2. The van der Waals surface area contributed by atoms with Crippen LogP contribution in [0.2, 0.25) is 0 Å². The minimum atomic E-state index is -0.488. The molecule has 5 rings (SSSR count). The number of amides is 2. The number of rotatable bonds is 3. The summed E-state index contributed by atoms with van der Waals surface area (Å²) in [6.07, 6.45) is 5.46. The molecular weight excluding hydrogens is 419 g/mol. The van der Waals surface area contributed by atoms with Crippen LogP contribution in [0.5, 0.6) is 0 Å². The molecule has 2 aromatic rings. The van der Waals surface area contributed by atoms with Crippen LogP contribution in [0.4, 0.5) is 10.1 Å². The summed E-state index contributed by atoms with van der Waals surface area (Å²) in [5.41, 5.74) is 2.24. The average molecular weight is 445 g/mol. The second-order valence-corrected chi connectivity index (χ2v) is 8.58. The Morgan fingerprint density at radius 1 is 1.16 bits per heavy atom. The van der Waals surface area contributed by atoms with Gasteiger partial charge in [0.1, 0.15) is 11.4 Å². The number of carbonyl (C=O) groups excluding carboxylic acids is 2. The molecule has 3 fully saturated rings. The molecule has 0 unspecified atom stereocenters. The molecule has 6 nitrogen and oxygen atoms in total. The van der Waals surface area contributed by atoms with Gasteiger partial charge in [0.2, 0.25) is 11.8 Å². The van der Waals surface area contributed by atoms with E-state index in [4.69, 9.17) is 0 Å². The van der Waals surface area contributed by atoms with Crippen LogP contribution in [0.3, 0.4) is 0 Å². The predicted molar refractivity (Wildman–Crippen MR) is 119 cm³/mol. The van der Waals surface area contributed by atoms with E-state index in [0.717, 1.165) is 49.2 Å². The molecule has 2 atom stereocenters. The van der Waals surface area contributed by atoms with E-state index >= 15 is 0 Å². The van der Waals surface area contributed by atoms with Gasteiger partial charge in [-0.05, 0) is 61.6 Å². The molecule has 3 aliphatic rings. The second-order valence-electron chi connectivity index (χ2n) is 8.58. The zero-order valence-electron chi connectivity index (χ0n) is 17.4. The van der Waals surface area contributed by atoms with E-state index in [1.807, 2.05) is 13.1 Å². The maximum absolute atomic E-state index is 14.7. The molecule has 8 heteroatoms. The summed E-state index contributed by atoms with van der Waals surface area (Å²) in [6.45, 7) is 1.43. The van der Waals surface area contributed by atoms with E-state index in [0.29, 0.717) is 18.5 Å². The van der Waals surface area contributed by atoms with Crippen LogP contribution in [0, 0.1) is 5.82 Å². The first-order valence-electron chi connectivity index (χ1n) is 10.6. The van der Waals surface area contributed by atoms with Crippen molar-refractivity contribution in [1.29, 1.82) is 0 Å². The van der Waals surface area contributed by atoms with Gasteiger partial charge in [-0.1, -0.05) is 0 Å². The summed E-state index contributed by atoms with van der Waals surface area (Å²) < 4.78 is 14.7. The second kappa shape index (κ2) is 8.20. The highest BCUT2D eigenvalue weighted by Crippen LogP contribution is 2.39. The molecule has 164 valence electrons.